The molecule has 0 fully saturated rings. The quantitative estimate of drug-likeness (QED) is 0.179. The predicted molar refractivity (Wildman–Crippen MR) is 217 cm³/mol. The molecule has 0 aliphatic heterocycles. The van der Waals surface area contributed by atoms with Crippen LogP contribution < -0.4 is 0 Å². The summed E-state index contributed by atoms with van der Waals surface area (Å²) >= 11 is 0. The van der Waals surface area contributed by atoms with Crippen molar-refractivity contribution < 1.29 is 0 Å². The van der Waals surface area contributed by atoms with E-state index in [1.54, 1.807) is 0 Å². The molecule has 0 bridgehead atoms. The van der Waals surface area contributed by atoms with Crippen LogP contribution in [0.2, 0.25) is 0 Å². The lowest BCUT2D eigenvalue weighted by Crippen LogP contribution is -2.14. The molecule has 9 aromatic rings. The predicted octanol–water partition coefficient (Wildman–Crippen LogP) is 14.1. The van der Waals surface area contributed by atoms with E-state index in [1.807, 2.05) is 0 Å². The van der Waals surface area contributed by atoms with E-state index in [0.717, 1.165) is 0 Å². The molecule has 0 N–H and O–H groups in total. The molecule has 0 heteroatoms. The summed E-state index contributed by atoms with van der Waals surface area (Å²) in [6.45, 7) is 4.71. The van der Waals surface area contributed by atoms with Gasteiger partial charge < -0.3 is 0 Å². The molecule has 11 rings (SSSR count). The van der Waals surface area contributed by atoms with Crippen molar-refractivity contribution >= 4 is 32.3 Å². The summed E-state index contributed by atoms with van der Waals surface area (Å²) in [5.41, 5.74) is 18.5. The molecule has 0 radical (unpaired) electrons. The summed E-state index contributed by atoms with van der Waals surface area (Å²) in [6, 6.07) is 63.7. The molecule has 0 saturated heterocycles. The first-order valence-corrected chi connectivity index (χ1v) is 18.0. The van der Waals surface area contributed by atoms with Crippen molar-refractivity contribution in [3.8, 4) is 66.8 Å². The van der Waals surface area contributed by atoms with Crippen LogP contribution in [0.25, 0.3) is 99.1 Å². The zero-order valence-corrected chi connectivity index (χ0v) is 28.7. The minimum Gasteiger partial charge on any atom is -0.0619 e. The monoisotopic (exact) mass is 646 g/mol. The van der Waals surface area contributed by atoms with Crippen molar-refractivity contribution in [3.63, 3.8) is 0 Å². The van der Waals surface area contributed by atoms with Crippen molar-refractivity contribution in [2.45, 2.75) is 19.3 Å². The topological polar surface area (TPSA) is 0 Å². The zero-order valence-electron chi connectivity index (χ0n) is 28.7. The molecule has 0 spiro atoms. The SMILES string of the molecule is CC1(C)c2ccccc2-c2ccc(-c3ccc4ccc(-c5ccc6cc(-c7ccc8c9c(cccc79)-c7ccccc7-8)ccc6c5)cc4c3)cc21. The van der Waals surface area contributed by atoms with Gasteiger partial charge in [0.05, 0.1) is 0 Å². The highest BCUT2D eigenvalue weighted by molar-refractivity contribution is 6.18. The van der Waals surface area contributed by atoms with Crippen LogP contribution in [0.3, 0.4) is 0 Å². The van der Waals surface area contributed by atoms with Gasteiger partial charge in [0.2, 0.25) is 0 Å². The minimum atomic E-state index is -0.00903. The third kappa shape index (κ3) is 4.14. The molecule has 0 heterocycles. The Labute approximate surface area is 298 Å². The smallest absolute Gasteiger partial charge is 0.0159 e. The highest BCUT2D eigenvalue weighted by Crippen LogP contribution is 2.51. The average molecular weight is 647 g/mol. The number of fused-ring (bicyclic) bond motifs is 8. The normalized spacial score (nSPS) is 13.5. The van der Waals surface area contributed by atoms with Gasteiger partial charge in [-0.3, -0.25) is 0 Å². The Kier molecular flexibility index (Phi) is 5.82. The molecular formula is C51H34. The standard InChI is InChI=1S/C51H34/c1-51(2)48-13-6-5-10-43(48)44-23-22-37(30-49(44)51)36-17-15-31-14-16-35(28-39(31)29-36)32-18-19-34-27-38(21-20-33(34)26-32)40-24-25-47-42-9-4-3-8-41(42)46-12-7-11-45(40)50(46)47/h3-30H,1-2H3. The van der Waals surface area contributed by atoms with Gasteiger partial charge >= 0.3 is 0 Å². The second-order valence-electron chi connectivity index (χ2n) is 14.9. The first-order valence-electron chi connectivity index (χ1n) is 18.0. The molecule has 0 saturated carbocycles. The van der Waals surface area contributed by atoms with E-state index in [4.69, 9.17) is 0 Å². The van der Waals surface area contributed by atoms with Gasteiger partial charge in [0.25, 0.3) is 0 Å². The van der Waals surface area contributed by atoms with E-state index in [9.17, 15) is 0 Å². The van der Waals surface area contributed by atoms with Crippen molar-refractivity contribution in [3.05, 3.63) is 181 Å². The van der Waals surface area contributed by atoms with Crippen LogP contribution >= 0.6 is 0 Å². The summed E-state index contributed by atoms with van der Waals surface area (Å²) in [5, 5.41) is 7.73. The first-order chi connectivity index (χ1) is 25.0. The molecule has 0 unspecified atom stereocenters. The molecule has 2 aliphatic carbocycles. The van der Waals surface area contributed by atoms with Crippen molar-refractivity contribution in [2.75, 3.05) is 0 Å². The molecule has 0 aromatic heterocycles. The van der Waals surface area contributed by atoms with Crippen LogP contribution in [-0.4, -0.2) is 0 Å². The average Bonchev–Trinajstić information content (AvgIpc) is 3.63. The fraction of sp³-hybridized carbons (Fsp3) is 0.0588. The Bertz CT molecular complexity index is 2910. The summed E-state index contributed by atoms with van der Waals surface area (Å²) in [7, 11) is 0. The Morgan fingerprint density at radius 1 is 0.294 bits per heavy atom. The lowest BCUT2D eigenvalue weighted by Gasteiger charge is -2.22. The molecule has 9 aromatic carbocycles. The molecule has 51 heavy (non-hydrogen) atoms. The second kappa shape index (κ2) is 10.4. The maximum Gasteiger partial charge on any atom is 0.0159 e. The number of hydrogen-bond acceptors (Lipinski definition) is 0. The van der Waals surface area contributed by atoms with Crippen LogP contribution in [0, 0.1) is 0 Å². The van der Waals surface area contributed by atoms with E-state index < -0.39 is 0 Å². The van der Waals surface area contributed by atoms with E-state index in [2.05, 4.69) is 184 Å². The maximum absolute atomic E-state index is 2.42. The highest BCUT2D eigenvalue weighted by atomic mass is 14.4. The van der Waals surface area contributed by atoms with Crippen molar-refractivity contribution in [1.29, 1.82) is 0 Å². The van der Waals surface area contributed by atoms with Gasteiger partial charge in [-0.25, -0.2) is 0 Å². The van der Waals surface area contributed by atoms with E-state index in [-0.39, 0.29) is 5.41 Å². The fourth-order valence-electron chi connectivity index (χ4n) is 9.14. The molecule has 238 valence electrons. The minimum absolute atomic E-state index is 0.00903. The van der Waals surface area contributed by atoms with Crippen LogP contribution in [0.5, 0.6) is 0 Å². The third-order valence-electron chi connectivity index (χ3n) is 11.8. The fourth-order valence-corrected chi connectivity index (χ4v) is 9.14. The maximum atomic E-state index is 2.42. The largest absolute Gasteiger partial charge is 0.0619 e. The van der Waals surface area contributed by atoms with Crippen LogP contribution in [0.1, 0.15) is 25.0 Å². The Hall–Kier alpha value is -6.24. The summed E-state index contributed by atoms with van der Waals surface area (Å²) < 4.78 is 0. The molecule has 2 aliphatic rings. The van der Waals surface area contributed by atoms with Crippen molar-refractivity contribution in [2.24, 2.45) is 0 Å². The van der Waals surface area contributed by atoms with E-state index in [1.165, 1.54) is 110 Å². The molecule has 0 nitrogen and oxygen atoms in total. The summed E-state index contributed by atoms with van der Waals surface area (Å²) in [6.07, 6.45) is 0. The van der Waals surface area contributed by atoms with Gasteiger partial charge in [-0.2, -0.15) is 0 Å². The highest BCUT2D eigenvalue weighted by Gasteiger charge is 2.35. The molecule has 0 amide bonds. The summed E-state index contributed by atoms with van der Waals surface area (Å²) in [4.78, 5) is 0. The Morgan fingerprint density at radius 2 is 0.765 bits per heavy atom. The van der Waals surface area contributed by atoms with Gasteiger partial charge in [0.15, 0.2) is 0 Å². The number of rotatable bonds is 3. The van der Waals surface area contributed by atoms with Gasteiger partial charge in [-0.05, 0) is 141 Å². The summed E-state index contributed by atoms with van der Waals surface area (Å²) in [5.74, 6) is 0. The van der Waals surface area contributed by atoms with Crippen LogP contribution in [-0.2, 0) is 5.41 Å². The zero-order chi connectivity index (χ0) is 33.8. The van der Waals surface area contributed by atoms with Crippen LogP contribution in [0.15, 0.2) is 170 Å². The van der Waals surface area contributed by atoms with Crippen LogP contribution in [0.4, 0.5) is 0 Å². The van der Waals surface area contributed by atoms with Gasteiger partial charge in [-0.1, -0.05) is 153 Å². The third-order valence-corrected chi connectivity index (χ3v) is 11.8. The van der Waals surface area contributed by atoms with E-state index in [0.29, 0.717) is 0 Å². The second-order valence-corrected chi connectivity index (χ2v) is 14.9. The Balaban J connectivity index is 0.943. The number of benzene rings is 9. The first kappa shape index (κ1) is 28.6. The Morgan fingerprint density at radius 3 is 1.49 bits per heavy atom. The van der Waals surface area contributed by atoms with Gasteiger partial charge in [0.1, 0.15) is 0 Å². The number of hydrogen-bond donors (Lipinski definition) is 0. The van der Waals surface area contributed by atoms with Gasteiger partial charge in [0, 0.05) is 5.41 Å². The molecular weight excluding hydrogens is 613 g/mol. The van der Waals surface area contributed by atoms with Gasteiger partial charge in [-0.15, -0.1) is 0 Å². The van der Waals surface area contributed by atoms with E-state index >= 15 is 0 Å². The lowest BCUT2D eigenvalue weighted by molar-refractivity contribution is 0.660. The molecule has 0 atom stereocenters. The lowest BCUT2D eigenvalue weighted by atomic mass is 9.81. The van der Waals surface area contributed by atoms with Crippen molar-refractivity contribution in [1.82, 2.24) is 0 Å².